The molecule has 4 nitrogen and oxygen atoms in total. The monoisotopic (exact) mass is 329 g/mol. The van der Waals surface area contributed by atoms with Gasteiger partial charge in [-0.3, -0.25) is 14.9 Å². The van der Waals surface area contributed by atoms with Crippen LogP contribution < -0.4 is 0 Å². The summed E-state index contributed by atoms with van der Waals surface area (Å²) in [6.07, 6.45) is 5.96. The van der Waals surface area contributed by atoms with E-state index in [1.807, 2.05) is 42.5 Å². The largest absolute Gasteiger partial charge is 0.299 e. The average Bonchev–Trinajstić information content (AvgIpc) is 2.51. The molecule has 0 radical (unpaired) electrons. The molecule has 3 atom stereocenters. The Kier molecular flexibility index (Phi) is 5.92. The summed E-state index contributed by atoms with van der Waals surface area (Å²) in [5.74, 6) is 0.0332. The highest BCUT2D eigenvalue weighted by Gasteiger charge is 2.39. The number of hydrogen-bond donors (Lipinski definition) is 0. The van der Waals surface area contributed by atoms with Crippen molar-refractivity contribution in [3.05, 3.63) is 52.1 Å². The van der Waals surface area contributed by atoms with Crippen LogP contribution in [0.4, 0.5) is 0 Å². The van der Waals surface area contributed by atoms with Crippen molar-refractivity contribution in [2.45, 2.75) is 40.0 Å². The van der Waals surface area contributed by atoms with Crippen LogP contribution in [0, 0.1) is 33.3 Å². The number of carbonyl (C=O) groups is 1. The van der Waals surface area contributed by atoms with Crippen LogP contribution >= 0.6 is 0 Å². The second-order valence-corrected chi connectivity index (χ2v) is 7.86. The maximum absolute atomic E-state index is 12.4. The molecule has 0 aromatic heterocycles. The first-order valence-corrected chi connectivity index (χ1v) is 8.65. The molecule has 0 heterocycles. The topological polar surface area (TPSA) is 60.2 Å². The van der Waals surface area contributed by atoms with Gasteiger partial charge in [-0.05, 0) is 29.7 Å². The maximum atomic E-state index is 12.4. The van der Waals surface area contributed by atoms with Gasteiger partial charge >= 0.3 is 0 Å². The Morgan fingerprint density at radius 3 is 2.54 bits per heavy atom. The third-order valence-corrected chi connectivity index (χ3v) is 5.13. The summed E-state index contributed by atoms with van der Waals surface area (Å²) in [6, 6.07) is 9.72. The van der Waals surface area contributed by atoms with Crippen molar-refractivity contribution in [2.75, 3.05) is 6.54 Å². The van der Waals surface area contributed by atoms with E-state index in [2.05, 4.69) is 20.8 Å². The fourth-order valence-electron chi connectivity index (χ4n) is 3.55. The molecule has 1 aliphatic carbocycles. The minimum absolute atomic E-state index is 0.126. The predicted octanol–water partition coefficient (Wildman–Crippen LogP) is 4.62. The van der Waals surface area contributed by atoms with E-state index >= 15 is 0 Å². The molecule has 130 valence electrons. The molecule has 0 spiro atoms. The first kappa shape index (κ1) is 18.4. The number of benzene rings is 1. The molecule has 1 fully saturated rings. The average molecular weight is 329 g/mol. The fraction of sp³-hybridized carbons (Fsp3) is 0.550. The molecule has 0 bridgehead atoms. The predicted molar refractivity (Wildman–Crippen MR) is 96.1 cm³/mol. The van der Waals surface area contributed by atoms with Crippen molar-refractivity contribution in [2.24, 2.45) is 23.2 Å². The molecule has 4 heteroatoms. The van der Waals surface area contributed by atoms with E-state index in [1.54, 1.807) is 0 Å². The number of hydrogen-bond acceptors (Lipinski definition) is 3. The fourth-order valence-corrected chi connectivity index (χ4v) is 3.55. The summed E-state index contributed by atoms with van der Waals surface area (Å²) in [7, 11) is 0. The Hall–Kier alpha value is -1.97. The van der Waals surface area contributed by atoms with Crippen molar-refractivity contribution in [1.29, 1.82) is 0 Å². The lowest BCUT2D eigenvalue weighted by Crippen LogP contribution is -2.37. The highest BCUT2D eigenvalue weighted by Crippen LogP contribution is 2.41. The van der Waals surface area contributed by atoms with Crippen LogP contribution in [-0.2, 0) is 4.79 Å². The molecule has 0 N–H and O–H groups in total. The zero-order valence-corrected chi connectivity index (χ0v) is 14.8. The summed E-state index contributed by atoms with van der Waals surface area (Å²) in [6.45, 7) is 6.38. The summed E-state index contributed by atoms with van der Waals surface area (Å²) in [5, 5.41) is 11.1. The lowest BCUT2D eigenvalue weighted by molar-refractivity contribution is -0.487. The van der Waals surface area contributed by atoms with E-state index in [4.69, 9.17) is 0 Å². The first-order chi connectivity index (χ1) is 11.3. The van der Waals surface area contributed by atoms with Gasteiger partial charge in [0.1, 0.15) is 5.78 Å². The standard InChI is InChI=1S/C20H27NO3/c1-20(2,3)17-11-12-19(22)18(13-17)16(14-21(23)24)10-9-15-7-5-4-6-8-15/h4-10,16-18H,11-14H2,1-3H3/b10-9+/t16-,17-,18+/m1/s1. The second kappa shape index (κ2) is 7.73. The highest BCUT2D eigenvalue weighted by atomic mass is 16.6. The van der Waals surface area contributed by atoms with Crippen LogP contribution in [0.3, 0.4) is 0 Å². The Morgan fingerprint density at radius 2 is 1.96 bits per heavy atom. The summed E-state index contributed by atoms with van der Waals surface area (Å²) >= 11 is 0. The van der Waals surface area contributed by atoms with Gasteiger partial charge in [0.15, 0.2) is 0 Å². The van der Waals surface area contributed by atoms with Crippen molar-refractivity contribution in [3.8, 4) is 0 Å². The molecule has 1 aromatic rings. The Balaban J connectivity index is 2.20. The van der Waals surface area contributed by atoms with Crippen LogP contribution in [-0.4, -0.2) is 17.3 Å². The van der Waals surface area contributed by atoms with Crippen LogP contribution in [0.25, 0.3) is 6.08 Å². The van der Waals surface area contributed by atoms with E-state index in [-0.39, 0.29) is 34.5 Å². The highest BCUT2D eigenvalue weighted by molar-refractivity contribution is 5.82. The van der Waals surface area contributed by atoms with E-state index in [9.17, 15) is 14.9 Å². The zero-order valence-electron chi connectivity index (χ0n) is 14.8. The van der Waals surface area contributed by atoms with E-state index < -0.39 is 0 Å². The SMILES string of the molecule is CC(C)(C)[C@@H]1CCC(=O)[C@H]([C@H](/C=C/c2ccccc2)C[N+](=O)[O-])C1. The normalized spacial score (nSPS) is 23.4. The van der Waals surface area contributed by atoms with Gasteiger partial charge in [-0.1, -0.05) is 63.3 Å². The molecular formula is C20H27NO3. The number of rotatable bonds is 5. The minimum Gasteiger partial charge on any atom is -0.299 e. The van der Waals surface area contributed by atoms with Gasteiger partial charge < -0.3 is 0 Å². The molecule has 2 rings (SSSR count). The second-order valence-electron chi connectivity index (χ2n) is 7.86. The Bertz CT molecular complexity index is 601. The number of carbonyl (C=O) groups excluding carboxylic acids is 1. The lowest BCUT2D eigenvalue weighted by Gasteiger charge is -2.38. The van der Waals surface area contributed by atoms with Gasteiger partial charge in [0.25, 0.3) is 0 Å². The minimum atomic E-state index is -0.335. The molecule has 1 saturated carbocycles. The van der Waals surface area contributed by atoms with Crippen LogP contribution in [0.5, 0.6) is 0 Å². The Labute approximate surface area is 144 Å². The van der Waals surface area contributed by atoms with Crippen LogP contribution in [0.15, 0.2) is 36.4 Å². The van der Waals surface area contributed by atoms with E-state index in [0.29, 0.717) is 12.3 Å². The van der Waals surface area contributed by atoms with Gasteiger partial charge in [0.05, 0.1) is 5.92 Å². The van der Waals surface area contributed by atoms with Gasteiger partial charge in [0, 0.05) is 17.3 Å². The smallest absolute Gasteiger partial charge is 0.210 e. The molecule has 0 saturated heterocycles. The van der Waals surface area contributed by atoms with Gasteiger partial charge in [-0.2, -0.15) is 0 Å². The molecular weight excluding hydrogens is 302 g/mol. The van der Waals surface area contributed by atoms with Crippen molar-refractivity contribution in [3.63, 3.8) is 0 Å². The van der Waals surface area contributed by atoms with E-state index in [0.717, 1.165) is 18.4 Å². The molecule has 24 heavy (non-hydrogen) atoms. The summed E-state index contributed by atoms with van der Waals surface area (Å²) < 4.78 is 0. The molecule has 0 unspecified atom stereocenters. The zero-order chi connectivity index (χ0) is 17.7. The summed E-state index contributed by atoms with van der Waals surface area (Å²) in [4.78, 5) is 23.3. The van der Waals surface area contributed by atoms with Crippen LogP contribution in [0.2, 0.25) is 0 Å². The van der Waals surface area contributed by atoms with E-state index in [1.165, 1.54) is 0 Å². The number of nitrogens with zero attached hydrogens (tertiary/aromatic N) is 1. The lowest BCUT2D eigenvalue weighted by atomic mass is 9.66. The van der Waals surface area contributed by atoms with Crippen molar-refractivity contribution >= 4 is 11.9 Å². The molecule has 0 aliphatic heterocycles. The van der Waals surface area contributed by atoms with Crippen molar-refractivity contribution in [1.82, 2.24) is 0 Å². The number of Topliss-reactive ketones (excluding diaryl/α,β-unsaturated/α-hetero) is 1. The van der Waals surface area contributed by atoms with Crippen LogP contribution in [0.1, 0.15) is 45.6 Å². The third kappa shape index (κ3) is 5.02. The summed E-state index contributed by atoms with van der Waals surface area (Å²) in [5.41, 5.74) is 1.13. The maximum Gasteiger partial charge on any atom is 0.210 e. The van der Waals surface area contributed by atoms with Gasteiger partial charge in [-0.25, -0.2) is 0 Å². The molecule has 0 amide bonds. The Morgan fingerprint density at radius 1 is 1.29 bits per heavy atom. The number of nitro groups is 1. The molecule has 1 aliphatic rings. The molecule has 1 aromatic carbocycles. The van der Waals surface area contributed by atoms with Gasteiger partial charge in [0.2, 0.25) is 6.54 Å². The van der Waals surface area contributed by atoms with Crippen molar-refractivity contribution < 1.29 is 9.72 Å². The quantitative estimate of drug-likeness (QED) is 0.585. The third-order valence-electron chi connectivity index (χ3n) is 5.13. The number of ketones is 1. The first-order valence-electron chi connectivity index (χ1n) is 8.65. The van der Waals surface area contributed by atoms with Gasteiger partial charge in [-0.15, -0.1) is 0 Å².